The zero-order valence-corrected chi connectivity index (χ0v) is 12.2. The fraction of sp³-hybridized carbons (Fsp3) is 0. The molecule has 1 amide bonds. The van der Waals surface area contributed by atoms with E-state index in [-0.39, 0.29) is 16.9 Å². The minimum Gasteiger partial charge on any atom is -0.292 e. The van der Waals surface area contributed by atoms with Crippen LogP contribution in [0.2, 0.25) is 0 Å². The number of carbonyl (C=O) groups is 1. The molecule has 2 aromatic carbocycles. The van der Waals surface area contributed by atoms with Gasteiger partial charge in [-0.05, 0) is 12.1 Å². The summed E-state index contributed by atoms with van der Waals surface area (Å²) < 4.78 is 0. The first-order valence-corrected chi connectivity index (χ1v) is 6.53. The lowest BCUT2D eigenvalue weighted by Crippen LogP contribution is -2.29. The second-order valence-corrected chi connectivity index (χ2v) is 4.60. The Morgan fingerprint density at radius 2 is 1.48 bits per heavy atom. The Kier molecular flexibility index (Phi) is 4.83. The molecule has 25 heavy (non-hydrogen) atoms. The number of nitrogens with one attached hydrogen (secondary N) is 2. The van der Waals surface area contributed by atoms with E-state index in [0.29, 0.717) is 0 Å². The number of nitrogens with zero attached hydrogens (tertiary/aromatic N) is 3. The minimum absolute atomic E-state index is 0.0498. The molecule has 12 nitrogen and oxygen atoms in total. The molecule has 0 heterocycles. The Hall–Kier alpha value is -4.09. The van der Waals surface area contributed by atoms with E-state index in [9.17, 15) is 35.1 Å². The molecule has 0 aliphatic heterocycles. The predicted octanol–water partition coefficient (Wildman–Crippen LogP) is 2.17. The monoisotopic (exact) mass is 347 g/mol. The molecule has 2 rings (SSSR count). The number of amides is 1. The maximum absolute atomic E-state index is 12.0. The molecule has 0 atom stereocenters. The molecule has 0 saturated carbocycles. The third-order valence-electron chi connectivity index (χ3n) is 3.02. The van der Waals surface area contributed by atoms with Crippen LogP contribution in [0.25, 0.3) is 0 Å². The third-order valence-corrected chi connectivity index (χ3v) is 3.02. The van der Waals surface area contributed by atoms with Gasteiger partial charge in [-0.25, -0.2) is 0 Å². The Balaban J connectivity index is 2.19. The Morgan fingerprint density at radius 3 is 2.08 bits per heavy atom. The quantitative estimate of drug-likeness (QED) is 0.591. The number of rotatable bonds is 6. The fourth-order valence-electron chi connectivity index (χ4n) is 1.85. The summed E-state index contributed by atoms with van der Waals surface area (Å²) in [7, 11) is 0. The first-order valence-electron chi connectivity index (χ1n) is 6.53. The van der Waals surface area contributed by atoms with Crippen LogP contribution < -0.4 is 10.9 Å². The van der Waals surface area contributed by atoms with Gasteiger partial charge in [-0.15, -0.1) is 0 Å². The molecule has 0 unspecified atom stereocenters. The largest absolute Gasteiger partial charge is 0.300 e. The van der Waals surface area contributed by atoms with Crippen LogP contribution in [0.1, 0.15) is 10.4 Å². The molecule has 0 saturated heterocycles. The van der Waals surface area contributed by atoms with Gasteiger partial charge < -0.3 is 0 Å². The number of hydrogen-bond donors (Lipinski definition) is 2. The predicted molar refractivity (Wildman–Crippen MR) is 83.9 cm³/mol. The number of carbonyl (C=O) groups excluding carboxylic acids is 1. The second kappa shape index (κ2) is 6.99. The Labute approximate surface area is 138 Å². The number of non-ortho nitro benzene ring substituents is 2. The van der Waals surface area contributed by atoms with Gasteiger partial charge in [0.1, 0.15) is 5.69 Å². The Bertz CT molecular complexity index is 883. The highest BCUT2D eigenvalue weighted by Gasteiger charge is 2.20. The maximum atomic E-state index is 12.0. The molecule has 2 N–H and O–H groups in total. The van der Waals surface area contributed by atoms with Crippen LogP contribution in [-0.4, -0.2) is 20.7 Å². The van der Waals surface area contributed by atoms with E-state index in [1.165, 1.54) is 18.2 Å². The molecule has 0 aromatic heterocycles. The van der Waals surface area contributed by atoms with E-state index in [0.717, 1.165) is 24.3 Å². The van der Waals surface area contributed by atoms with Crippen molar-refractivity contribution in [2.45, 2.75) is 0 Å². The summed E-state index contributed by atoms with van der Waals surface area (Å²) in [4.78, 5) is 42.0. The summed E-state index contributed by atoms with van der Waals surface area (Å²) in [5, 5.41) is 32.3. The van der Waals surface area contributed by atoms with Crippen LogP contribution in [0.4, 0.5) is 22.7 Å². The zero-order chi connectivity index (χ0) is 18.6. The lowest BCUT2D eigenvalue weighted by atomic mass is 10.2. The number of benzene rings is 2. The highest BCUT2D eigenvalue weighted by Crippen LogP contribution is 2.28. The minimum atomic E-state index is -0.852. The van der Waals surface area contributed by atoms with Crippen LogP contribution in [-0.2, 0) is 0 Å². The SMILES string of the molecule is O=C(NNc1ccc([N+](=O)[O-])cc1[N+](=O)[O-])c1cccc([N+](=O)[O-])c1. The standard InChI is InChI=1S/C13H9N5O7/c19-13(8-2-1-3-9(6-8)16(20)21)15-14-11-5-4-10(17(22)23)7-12(11)18(24)25/h1-7,14H,(H,15,19). The van der Waals surface area contributed by atoms with Crippen LogP contribution in [0, 0.1) is 30.3 Å². The molecule has 128 valence electrons. The average molecular weight is 347 g/mol. The van der Waals surface area contributed by atoms with Crippen LogP contribution in [0.5, 0.6) is 0 Å². The van der Waals surface area contributed by atoms with E-state index in [4.69, 9.17) is 0 Å². The van der Waals surface area contributed by atoms with E-state index < -0.39 is 32.1 Å². The summed E-state index contributed by atoms with van der Waals surface area (Å²) in [5.41, 5.74) is 2.78. The highest BCUT2D eigenvalue weighted by molar-refractivity contribution is 5.95. The molecule has 2 aromatic rings. The van der Waals surface area contributed by atoms with Crippen LogP contribution >= 0.6 is 0 Å². The molecule has 0 aliphatic rings. The van der Waals surface area contributed by atoms with Gasteiger partial charge >= 0.3 is 5.69 Å². The van der Waals surface area contributed by atoms with Gasteiger partial charge in [0.05, 0.1) is 20.8 Å². The van der Waals surface area contributed by atoms with Crippen molar-refractivity contribution in [1.82, 2.24) is 5.43 Å². The average Bonchev–Trinajstić information content (AvgIpc) is 2.59. The molecule has 0 radical (unpaired) electrons. The second-order valence-electron chi connectivity index (χ2n) is 4.60. The summed E-state index contributed by atoms with van der Waals surface area (Å²) >= 11 is 0. The summed E-state index contributed by atoms with van der Waals surface area (Å²) in [6.07, 6.45) is 0. The van der Waals surface area contributed by atoms with E-state index in [1.54, 1.807) is 0 Å². The maximum Gasteiger partial charge on any atom is 0.300 e. The van der Waals surface area contributed by atoms with Gasteiger partial charge in [-0.1, -0.05) is 6.07 Å². The van der Waals surface area contributed by atoms with Gasteiger partial charge in [-0.3, -0.25) is 46.0 Å². The van der Waals surface area contributed by atoms with Crippen molar-refractivity contribution in [3.05, 3.63) is 78.4 Å². The van der Waals surface area contributed by atoms with Gasteiger partial charge in [-0.2, -0.15) is 0 Å². The van der Waals surface area contributed by atoms with Gasteiger partial charge in [0.2, 0.25) is 0 Å². The van der Waals surface area contributed by atoms with Crippen molar-refractivity contribution >= 4 is 28.7 Å². The van der Waals surface area contributed by atoms with Crippen molar-refractivity contribution in [3.63, 3.8) is 0 Å². The highest BCUT2D eigenvalue weighted by atomic mass is 16.6. The van der Waals surface area contributed by atoms with Gasteiger partial charge in [0, 0.05) is 23.8 Å². The van der Waals surface area contributed by atoms with Crippen molar-refractivity contribution < 1.29 is 19.6 Å². The van der Waals surface area contributed by atoms with Crippen molar-refractivity contribution in [2.24, 2.45) is 0 Å². The molecule has 0 aliphatic carbocycles. The first-order chi connectivity index (χ1) is 11.8. The molecular weight excluding hydrogens is 338 g/mol. The first kappa shape index (κ1) is 17.3. The van der Waals surface area contributed by atoms with Crippen molar-refractivity contribution in [3.8, 4) is 0 Å². The smallest absolute Gasteiger partial charge is 0.292 e. The topological polar surface area (TPSA) is 171 Å². The molecule has 0 fully saturated rings. The lowest BCUT2D eigenvalue weighted by molar-refractivity contribution is -0.393. The van der Waals surface area contributed by atoms with Crippen LogP contribution in [0.3, 0.4) is 0 Å². The lowest BCUT2D eigenvalue weighted by Gasteiger charge is -2.08. The van der Waals surface area contributed by atoms with Gasteiger partial charge in [0.15, 0.2) is 0 Å². The van der Waals surface area contributed by atoms with E-state index in [1.807, 2.05) is 0 Å². The zero-order valence-electron chi connectivity index (χ0n) is 12.2. The normalized spacial score (nSPS) is 9.92. The third kappa shape index (κ3) is 4.01. The summed E-state index contributed by atoms with van der Waals surface area (Å²) in [6.45, 7) is 0. The van der Waals surface area contributed by atoms with Crippen molar-refractivity contribution in [1.29, 1.82) is 0 Å². The molecule has 12 heteroatoms. The molecule has 0 spiro atoms. The van der Waals surface area contributed by atoms with E-state index in [2.05, 4.69) is 10.9 Å². The number of nitro benzene ring substituents is 3. The number of anilines is 1. The number of hydrogen-bond acceptors (Lipinski definition) is 8. The van der Waals surface area contributed by atoms with Gasteiger partial charge in [0.25, 0.3) is 17.3 Å². The van der Waals surface area contributed by atoms with E-state index >= 15 is 0 Å². The fourth-order valence-corrected chi connectivity index (χ4v) is 1.85. The molecule has 0 bridgehead atoms. The van der Waals surface area contributed by atoms with Crippen molar-refractivity contribution in [2.75, 3.05) is 5.43 Å². The summed E-state index contributed by atoms with van der Waals surface area (Å²) in [5.74, 6) is -0.781. The number of hydrazine groups is 1. The Morgan fingerprint density at radius 1 is 0.840 bits per heavy atom. The summed E-state index contributed by atoms with van der Waals surface area (Å²) in [6, 6.07) is 7.67. The number of nitro groups is 3. The molecular formula is C13H9N5O7. The van der Waals surface area contributed by atoms with Crippen LogP contribution in [0.15, 0.2) is 42.5 Å².